The van der Waals surface area contributed by atoms with Crippen LogP contribution in [0.3, 0.4) is 0 Å². The number of rotatable bonds is 2. The Morgan fingerprint density at radius 2 is 1.55 bits per heavy atom. The van der Waals surface area contributed by atoms with E-state index in [4.69, 9.17) is 30.6 Å². The second-order valence-electron chi connectivity index (χ2n) is 1.26. The van der Waals surface area contributed by atoms with Gasteiger partial charge in [0.1, 0.15) is 6.10 Å². The van der Waals surface area contributed by atoms with Crippen molar-refractivity contribution in [2.45, 2.75) is 6.10 Å². The third-order valence-corrected chi connectivity index (χ3v) is 0.421. The summed E-state index contributed by atoms with van der Waals surface area (Å²) in [6.45, 7) is -0.729. The Morgan fingerprint density at radius 3 is 1.55 bits per heavy atom. The Kier molecular flexibility index (Phi) is 17.7. The predicted molar refractivity (Wildman–Crippen MR) is 34.0 cm³/mol. The lowest BCUT2D eigenvalue weighted by Gasteiger charge is -1.96. The molecule has 0 aliphatic heterocycles. The van der Waals surface area contributed by atoms with E-state index >= 15 is 0 Å². The SMILES string of the molecule is N.O=[N+]([O-])O.OCC(O)CO. The van der Waals surface area contributed by atoms with Crippen molar-refractivity contribution in [1.82, 2.24) is 6.15 Å². The Hall–Kier alpha value is -0.960. The van der Waals surface area contributed by atoms with Gasteiger partial charge >= 0.3 is 0 Å². The molecule has 0 saturated heterocycles. The van der Waals surface area contributed by atoms with Crippen LogP contribution in [0.5, 0.6) is 0 Å². The lowest BCUT2D eigenvalue weighted by molar-refractivity contribution is -0.742. The second-order valence-corrected chi connectivity index (χ2v) is 1.26. The van der Waals surface area contributed by atoms with Crippen LogP contribution >= 0.6 is 0 Å². The van der Waals surface area contributed by atoms with Gasteiger partial charge in [-0.3, -0.25) is 0 Å². The molecular weight excluding hydrogens is 160 g/mol. The van der Waals surface area contributed by atoms with Gasteiger partial charge in [-0.1, -0.05) is 0 Å². The summed E-state index contributed by atoms with van der Waals surface area (Å²) in [6, 6.07) is 0. The molecule has 7 N–H and O–H groups in total. The van der Waals surface area contributed by atoms with E-state index in [1.165, 1.54) is 0 Å². The zero-order valence-electron chi connectivity index (χ0n) is 5.75. The first-order valence-electron chi connectivity index (χ1n) is 2.27. The van der Waals surface area contributed by atoms with Crippen molar-refractivity contribution < 1.29 is 25.6 Å². The summed E-state index contributed by atoms with van der Waals surface area (Å²) in [5, 5.41) is 37.7. The smallest absolute Gasteiger partial charge is 0.291 e. The molecule has 8 heteroatoms. The second kappa shape index (κ2) is 11.8. The van der Waals surface area contributed by atoms with E-state index in [1.54, 1.807) is 0 Å². The van der Waals surface area contributed by atoms with Gasteiger partial charge in [0.2, 0.25) is 0 Å². The van der Waals surface area contributed by atoms with Gasteiger partial charge in [0, 0.05) is 0 Å². The summed E-state index contributed by atoms with van der Waals surface area (Å²) in [5.41, 5.74) is 0. The van der Waals surface area contributed by atoms with Gasteiger partial charge in [0.25, 0.3) is 5.09 Å². The molecule has 0 saturated carbocycles. The molecule has 0 heterocycles. The van der Waals surface area contributed by atoms with Gasteiger partial charge in [0.15, 0.2) is 0 Å². The van der Waals surface area contributed by atoms with E-state index in [0.717, 1.165) is 0 Å². The number of hydrogen-bond acceptors (Lipinski definition) is 6. The van der Waals surface area contributed by atoms with E-state index in [2.05, 4.69) is 0 Å². The fraction of sp³-hybridized carbons (Fsp3) is 1.00. The van der Waals surface area contributed by atoms with E-state index in [0.29, 0.717) is 0 Å². The molecule has 0 unspecified atom stereocenters. The van der Waals surface area contributed by atoms with Crippen molar-refractivity contribution in [1.29, 1.82) is 0 Å². The molecule has 70 valence electrons. The first-order chi connectivity index (χ1) is 4.54. The quantitative estimate of drug-likeness (QED) is 0.241. The topological polar surface area (TPSA) is 159 Å². The number of nitrogens with zero attached hydrogens (tertiary/aromatic N) is 1. The summed E-state index contributed by atoms with van der Waals surface area (Å²) < 4.78 is 0. The molecule has 0 aromatic carbocycles. The maximum Gasteiger partial charge on any atom is 0.291 e. The van der Waals surface area contributed by atoms with Crippen molar-refractivity contribution in [2.75, 3.05) is 13.2 Å². The summed E-state index contributed by atoms with van der Waals surface area (Å²) in [4.78, 5) is 8.36. The molecule has 0 aromatic rings. The van der Waals surface area contributed by atoms with E-state index in [-0.39, 0.29) is 19.4 Å². The van der Waals surface area contributed by atoms with Crippen LogP contribution in [0, 0.1) is 10.1 Å². The Balaban J connectivity index is -0.000000114. The maximum absolute atomic E-state index is 8.36. The van der Waals surface area contributed by atoms with Crippen LogP contribution in [0.25, 0.3) is 0 Å². The third-order valence-electron chi connectivity index (χ3n) is 0.421. The standard InChI is InChI=1S/C3H8O3.HNO3.H3N/c4-1-3(6)2-5;2-1(3)4;/h3-6H,1-2H2;(H,2,3,4);1H3. The summed E-state index contributed by atoms with van der Waals surface area (Å²) in [5.74, 6) is 0. The predicted octanol–water partition coefficient (Wildman–Crippen LogP) is -1.85. The van der Waals surface area contributed by atoms with Gasteiger partial charge in [-0.05, 0) is 0 Å². The molecule has 0 aromatic heterocycles. The zero-order chi connectivity index (χ0) is 8.57. The highest BCUT2D eigenvalue weighted by atomic mass is 16.9. The van der Waals surface area contributed by atoms with Crippen LogP contribution in [0.4, 0.5) is 0 Å². The van der Waals surface area contributed by atoms with Crippen LogP contribution in [0.2, 0.25) is 0 Å². The van der Waals surface area contributed by atoms with E-state index < -0.39 is 11.2 Å². The molecule has 0 atom stereocenters. The first kappa shape index (κ1) is 16.6. The molecule has 0 aliphatic rings. The third kappa shape index (κ3) is 48.5. The highest BCUT2D eigenvalue weighted by Gasteiger charge is 1.93. The highest BCUT2D eigenvalue weighted by molar-refractivity contribution is 4.43. The molecule has 0 bridgehead atoms. The van der Waals surface area contributed by atoms with E-state index in [1.807, 2.05) is 0 Å². The minimum absolute atomic E-state index is 0. The molecule has 0 aliphatic carbocycles. The zero-order valence-corrected chi connectivity index (χ0v) is 5.75. The highest BCUT2D eigenvalue weighted by Crippen LogP contribution is 1.71. The van der Waals surface area contributed by atoms with Crippen molar-refractivity contribution >= 4 is 0 Å². The van der Waals surface area contributed by atoms with Crippen LogP contribution in [0.15, 0.2) is 0 Å². The minimum Gasteiger partial charge on any atom is -0.394 e. The average Bonchev–Trinajstić information content (AvgIpc) is 1.85. The van der Waals surface area contributed by atoms with Crippen LogP contribution < -0.4 is 6.15 Å². The molecule has 0 amide bonds. The first-order valence-corrected chi connectivity index (χ1v) is 2.27. The minimum atomic E-state index is -1.50. The van der Waals surface area contributed by atoms with Gasteiger partial charge in [0.05, 0.1) is 13.2 Å². The van der Waals surface area contributed by atoms with Crippen molar-refractivity contribution in [3.63, 3.8) is 0 Å². The number of hydrogen-bond donors (Lipinski definition) is 5. The largest absolute Gasteiger partial charge is 0.394 e. The number of aliphatic hydroxyl groups excluding tert-OH is 3. The van der Waals surface area contributed by atoms with Crippen molar-refractivity contribution in [3.8, 4) is 0 Å². The fourth-order valence-electron chi connectivity index (χ4n) is 0.0577. The van der Waals surface area contributed by atoms with Gasteiger partial charge < -0.3 is 26.7 Å². The van der Waals surface area contributed by atoms with Crippen molar-refractivity contribution in [3.05, 3.63) is 10.1 Å². The summed E-state index contributed by atoms with van der Waals surface area (Å²) >= 11 is 0. The molecular formula is C3H12N2O6. The van der Waals surface area contributed by atoms with Crippen LogP contribution in [0.1, 0.15) is 0 Å². The molecule has 11 heavy (non-hydrogen) atoms. The van der Waals surface area contributed by atoms with Gasteiger partial charge in [-0.25, -0.2) is 0 Å². The average molecular weight is 172 g/mol. The van der Waals surface area contributed by atoms with Crippen LogP contribution in [-0.2, 0) is 0 Å². The lowest BCUT2D eigenvalue weighted by Crippen LogP contribution is -2.15. The normalized spacial score (nSPS) is 7.64. The van der Waals surface area contributed by atoms with Gasteiger partial charge in [-0.15, -0.1) is 10.1 Å². The molecule has 8 nitrogen and oxygen atoms in total. The van der Waals surface area contributed by atoms with Crippen LogP contribution in [-0.4, -0.2) is 44.9 Å². The van der Waals surface area contributed by atoms with E-state index in [9.17, 15) is 0 Å². The fourth-order valence-corrected chi connectivity index (χ4v) is 0.0577. The molecule has 0 fully saturated rings. The Labute approximate surface area is 62.4 Å². The van der Waals surface area contributed by atoms with Crippen molar-refractivity contribution in [2.24, 2.45) is 0 Å². The molecule has 0 spiro atoms. The Bertz CT molecular complexity index is 79.9. The summed E-state index contributed by atoms with van der Waals surface area (Å²) in [7, 11) is 0. The molecule has 0 rings (SSSR count). The lowest BCUT2D eigenvalue weighted by atomic mass is 10.4. The van der Waals surface area contributed by atoms with Gasteiger partial charge in [-0.2, -0.15) is 0 Å². The molecule has 0 radical (unpaired) electrons. The monoisotopic (exact) mass is 172 g/mol. The summed E-state index contributed by atoms with van der Waals surface area (Å²) in [6.07, 6.45) is -0.954. The number of aliphatic hydroxyl groups is 3. The Morgan fingerprint density at radius 1 is 1.36 bits per heavy atom. The maximum atomic E-state index is 8.36.